The van der Waals surface area contributed by atoms with Gasteiger partial charge in [0.2, 0.25) is 17.6 Å². The molecule has 0 spiro atoms. The van der Waals surface area contributed by atoms with Gasteiger partial charge in [0.25, 0.3) is 0 Å². The first-order valence-electron chi connectivity index (χ1n) is 9.76. The summed E-state index contributed by atoms with van der Waals surface area (Å²) in [7, 11) is 0. The van der Waals surface area contributed by atoms with Crippen LogP contribution in [0.25, 0.3) is 0 Å². The first kappa shape index (κ1) is 19.6. The SMILES string of the molecule is Nc1nc(NCCCN2CCOCC2)nc(N2CCCCCC2)c1[N+](=O)[O-]. The zero-order valence-corrected chi connectivity index (χ0v) is 15.7. The Bertz CT molecular complexity index is 629. The summed E-state index contributed by atoms with van der Waals surface area (Å²) in [4.78, 5) is 23.9. The zero-order valence-electron chi connectivity index (χ0n) is 15.7. The second-order valence-electron chi connectivity index (χ2n) is 7.00. The third-order valence-electron chi connectivity index (χ3n) is 5.02. The fourth-order valence-electron chi connectivity index (χ4n) is 3.54. The van der Waals surface area contributed by atoms with Crippen molar-refractivity contribution >= 4 is 23.3 Å². The molecule has 2 aliphatic rings. The molecule has 27 heavy (non-hydrogen) atoms. The number of hydrogen-bond donors (Lipinski definition) is 2. The van der Waals surface area contributed by atoms with Crippen LogP contribution in [0.3, 0.4) is 0 Å². The summed E-state index contributed by atoms with van der Waals surface area (Å²) in [5, 5.41) is 14.7. The highest BCUT2D eigenvalue weighted by Gasteiger charge is 2.27. The van der Waals surface area contributed by atoms with Crippen LogP contribution >= 0.6 is 0 Å². The van der Waals surface area contributed by atoms with Crippen LogP contribution in [0.5, 0.6) is 0 Å². The van der Waals surface area contributed by atoms with Crippen molar-refractivity contribution in [2.75, 3.05) is 68.4 Å². The molecule has 3 N–H and O–H groups in total. The molecular formula is C17H29N7O3. The van der Waals surface area contributed by atoms with Gasteiger partial charge in [-0.1, -0.05) is 12.8 Å². The summed E-state index contributed by atoms with van der Waals surface area (Å²) < 4.78 is 5.35. The van der Waals surface area contributed by atoms with Crippen LogP contribution in [0.15, 0.2) is 0 Å². The van der Waals surface area contributed by atoms with E-state index in [2.05, 4.69) is 20.2 Å². The molecule has 150 valence electrons. The van der Waals surface area contributed by atoms with E-state index >= 15 is 0 Å². The molecule has 0 atom stereocenters. The fraction of sp³-hybridized carbons (Fsp3) is 0.765. The van der Waals surface area contributed by atoms with Gasteiger partial charge in [-0.3, -0.25) is 15.0 Å². The average Bonchev–Trinajstić information content (AvgIpc) is 2.95. The lowest BCUT2D eigenvalue weighted by atomic mass is 10.2. The summed E-state index contributed by atoms with van der Waals surface area (Å²) in [5.41, 5.74) is 5.72. The minimum Gasteiger partial charge on any atom is -0.379 e. The molecule has 0 amide bonds. The maximum Gasteiger partial charge on any atom is 0.353 e. The van der Waals surface area contributed by atoms with Crippen LogP contribution in [0.4, 0.5) is 23.3 Å². The van der Waals surface area contributed by atoms with Gasteiger partial charge in [0.1, 0.15) is 0 Å². The molecule has 2 aliphatic heterocycles. The van der Waals surface area contributed by atoms with Crippen molar-refractivity contribution in [3.63, 3.8) is 0 Å². The van der Waals surface area contributed by atoms with Gasteiger partial charge in [-0.2, -0.15) is 9.97 Å². The largest absolute Gasteiger partial charge is 0.379 e. The number of nitrogen functional groups attached to an aromatic ring is 1. The van der Waals surface area contributed by atoms with E-state index < -0.39 is 4.92 Å². The first-order valence-corrected chi connectivity index (χ1v) is 9.76. The molecule has 0 bridgehead atoms. The van der Waals surface area contributed by atoms with E-state index in [9.17, 15) is 10.1 Å². The molecule has 3 rings (SSSR count). The van der Waals surface area contributed by atoms with Gasteiger partial charge in [-0.15, -0.1) is 0 Å². The van der Waals surface area contributed by atoms with Gasteiger partial charge in [0, 0.05) is 32.7 Å². The van der Waals surface area contributed by atoms with Gasteiger partial charge >= 0.3 is 5.69 Å². The normalized spacial score (nSPS) is 18.9. The highest BCUT2D eigenvalue weighted by Crippen LogP contribution is 2.33. The molecule has 2 fully saturated rings. The molecule has 0 aliphatic carbocycles. The molecule has 0 radical (unpaired) electrons. The Morgan fingerprint density at radius 3 is 2.48 bits per heavy atom. The molecule has 10 heteroatoms. The highest BCUT2D eigenvalue weighted by atomic mass is 16.6. The number of aromatic nitrogens is 2. The average molecular weight is 379 g/mol. The third kappa shape index (κ3) is 5.39. The van der Waals surface area contributed by atoms with Crippen molar-refractivity contribution < 1.29 is 9.66 Å². The standard InChI is InChI=1S/C17H29N7O3/c18-15-14(24(25)26)16(23-8-3-1-2-4-9-23)21-17(20-15)19-6-5-7-22-10-12-27-13-11-22/h1-13H2,(H3,18,19,20,21). The maximum atomic E-state index is 11.5. The van der Waals surface area contributed by atoms with E-state index in [1.807, 2.05) is 4.90 Å². The Hall–Kier alpha value is -2.20. The second-order valence-corrected chi connectivity index (χ2v) is 7.00. The second kappa shape index (κ2) is 9.65. The van der Waals surface area contributed by atoms with Crippen molar-refractivity contribution in [3.8, 4) is 0 Å². The number of rotatable bonds is 7. The maximum absolute atomic E-state index is 11.5. The van der Waals surface area contributed by atoms with E-state index in [1.165, 1.54) is 0 Å². The van der Waals surface area contributed by atoms with E-state index in [4.69, 9.17) is 10.5 Å². The highest BCUT2D eigenvalue weighted by molar-refractivity contribution is 5.71. The smallest absolute Gasteiger partial charge is 0.353 e. The van der Waals surface area contributed by atoms with Gasteiger partial charge in [-0.05, 0) is 25.8 Å². The Morgan fingerprint density at radius 1 is 1.11 bits per heavy atom. The minimum absolute atomic E-state index is 0.0788. The van der Waals surface area contributed by atoms with Crippen LogP contribution in [0.2, 0.25) is 0 Å². The van der Waals surface area contributed by atoms with Gasteiger partial charge in [-0.25, -0.2) is 0 Å². The lowest BCUT2D eigenvalue weighted by molar-refractivity contribution is -0.383. The summed E-state index contributed by atoms with van der Waals surface area (Å²) in [6.07, 6.45) is 5.21. The first-order chi connectivity index (χ1) is 13.1. The Kier molecular flexibility index (Phi) is 6.99. The van der Waals surface area contributed by atoms with Crippen LogP contribution in [-0.4, -0.2) is 72.3 Å². The number of morpholine rings is 1. The quantitative estimate of drug-likeness (QED) is 0.412. The summed E-state index contributed by atoms with van der Waals surface area (Å²) in [6, 6.07) is 0. The van der Waals surface area contributed by atoms with E-state index in [-0.39, 0.29) is 11.5 Å². The molecule has 2 saturated heterocycles. The van der Waals surface area contributed by atoms with Crippen molar-refractivity contribution in [2.24, 2.45) is 0 Å². The number of nitrogens with two attached hydrogens (primary N) is 1. The summed E-state index contributed by atoms with van der Waals surface area (Å²) in [5.74, 6) is 0.620. The number of nitrogens with one attached hydrogen (secondary N) is 1. The Morgan fingerprint density at radius 2 is 1.81 bits per heavy atom. The lowest BCUT2D eigenvalue weighted by Crippen LogP contribution is -2.37. The van der Waals surface area contributed by atoms with Gasteiger partial charge in [0.15, 0.2) is 0 Å². The Labute approximate surface area is 159 Å². The number of hydrogen-bond acceptors (Lipinski definition) is 9. The molecule has 0 saturated carbocycles. The number of anilines is 3. The van der Waals surface area contributed by atoms with E-state index in [0.29, 0.717) is 18.3 Å². The van der Waals surface area contributed by atoms with Crippen LogP contribution in [-0.2, 0) is 4.74 Å². The summed E-state index contributed by atoms with van der Waals surface area (Å²) in [6.45, 7) is 6.66. The number of nitrogens with zero attached hydrogens (tertiary/aromatic N) is 5. The van der Waals surface area contributed by atoms with Crippen LogP contribution in [0.1, 0.15) is 32.1 Å². The molecule has 1 aromatic heterocycles. The summed E-state index contributed by atoms with van der Waals surface area (Å²) >= 11 is 0. The third-order valence-corrected chi connectivity index (χ3v) is 5.02. The van der Waals surface area contributed by atoms with Crippen molar-refractivity contribution in [2.45, 2.75) is 32.1 Å². The van der Waals surface area contributed by atoms with Crippen LogP contribution < -0.4 is 16.0 Å². The lowest BCUT2D eigenvalue weighted by Gasteiger charge is -2.26. The zero-order chi connectivity index (χ0) is 19.1. The fourth-order valence-corrected chi connectivity index (χ4v) is 3.54. The minimum atomic E-state index is -0.474. The topological polar surface area (TPSA) is 123 Å². The molecule has 10 nitrogen and oxygen atoms in total. The molecular weight excluding hydrogens is 350 g/mol. The predicted octanol–water partition coefficient (Wildman–Crippen LogP) is 1.48. The van der Waals surface area contributed by atoms with E-state index in [0.717, 1.165) is 78.0 Å². The van der Waals surface area contributed by atoms with E-state index in [1.54, 1.807) is 0 Å². The molecule has 0 unspecified atom stereocenters. The molecule has 0 aromatic carbocycles. The predicted molar refractivity (Wildman–Crippen MR) is 104 cm³/mol. The monoisotopic (exact) mass is 379 g/mol. The van der Waals surface area contributed by atoms with Gasteiger partial charge < -0.3 is 20.7 Å². The Balaban J connectivity index is 1.65. The molecule has 1 aromatic rings. The van der Waals surface area contributed by atoms with Crippen molar-refractivity contribution in [1.29, 1.82) is 0 Å². The number of nitro groups is 1. The van der Waals surface area contributed by atoms with Crippen molar-refractivity contribution in [1.82, 2.24) is 14.9 Å². The number of ether oxygens (including phenoxy) is 1. The van der Waals surface area contributed by atoms with Crippen molar-refractivity contribution in [3.05, 3.63) is 10.1 Å². The van der Waals surface area contributed by atoms with Gasteiger partial charge in [0.05, 0.1) is 18.1 Å². The molecule has 3 heterocycles. The van der Waals surface area contributed by atoms with Crippen LogP contribution in [0, 0.1) is 10.1 Å².